The highest BCUT2D eigenvalue weighted by atomic mass is 16.7. The zero-order valence-corrected chi connectivity index (χ0v) is 15.6. The molecule has 2 aromatic carbocycles. The molecule has 4 aromatic rings. The van der Waals surface area contributed by atoms with Crippen LogP contribution in [0.15, 0.2) is 73.1 Å². The molecule has 0 aliphatic carbocycles. The maximum absolute atomic E-state index is 12.5. The molecule has 5 rings (SSSR count). The van der Waals surface area contributed by atoms with Gasteiger partial charge in [-0.2, -0.15) is 5.10 Å². The number of nitrogens with zero attached hydrogens (tertiary/aromatic N) is 4. The minimum atomic E-state index is -0.852. The molecule has 2 amide bonds. The maximum Gasteiger partial charge on any atom is 0.365 e. The Morgan fingerprint density at radius 2 is 1.57 bits per heavy atom. The zero-order valence-electron chi connectivity index (χ0n) is 15.6. The molecule has 0 saturated heterocycles. The van der Waals surface area contributed by atoms with Crippen molar-refractivity contribution in [2.45, 2.75) is 6.54 Å². The van der Waals surface area contributed by atoms with Crippen LogP contribution in [-0.4, -0.2) is 37.6 Å². The lowest BCUT2D eigenvalue weighted by Crippen LogP contribution is -2.32. The van der Waals surface area contributed by atoms with Crippen molar-refractivity contribution in [3.05, 3.63) is 95.3 Å². The first-order chi connectivity index (χ1) is 14.6. The lowest BCUT2D eigenvalue weighted by atomic mass is 10.1. The first kappa shape index (κ1) is 17.7. The maximum atomic E-state index is 12.5. The van der Waals surface area contributed by atoms with Gasteiger partial charge < -0.3 is 4.84 Å². The topological polar surface area (TPSA) is 94.4 Å². The average molecular weight is 398 g/mol. The number of hydroxylamine groups is 2. The fourth-order valence-corrected chi connectivity index (χ4v) is 3.34. The summed E-state index contributed by atoms with van der Waals surface area (Å²) in [6, 6.07) is 17.7. The minimum Gasteiger partial charge on any atom is -0.324 e. The molecule has 0 bridgehead atoms. The predicted octanol–water partition coefficient (Wildman–Crippen LogP) is 2.85. The van der Waals surface area contributed by atoms with E-state index in [-0.39, 0.29) is 16.7 Å². The van der Waals surface area contributed by atoms with E-state index < -0.39 is 17.8 Å². The molecule has 0 N–H and O–H groups in total. The molecule has 30 heavy (non-hydrogen) atoms. The van der Waals surface area contributed by atoms with Gasteiger partial charge in [0, 0.05) is 11.6 Å². The summed E-state index contributed by atoms with van der Waals surface area (Å²) in [7, 11) is 0. The van der Waals surface area contributed by atoms with Gasteiger partial charge >= 0.3 is 5.97 Å². The third-order valence-corrected chi connectivity index (χ3v) is 4.82. The Balaban J connectivity index is 1.37. The van der Waals surface area contributed by atoms with Crippen LogP contribution >= 0.6 is 0 Å². The quantitative estimate of drug-likeness (QED) is 0.491. The summed E-state index contributed by atoms with van der Waals surface area (Å²) < 4.78 is 1.73. The molecule has 3 heterocycles. The van der Waals surface area contributed by atoms with Gasteiger partial charge in [-0.1, -0.05) is 47.5 Å². The second kappa shape index (κ2) is 6.93. The number of pyridine rings is 1. The van der Waals surface area contributed by atoms with E-state index in [9.17, 15) is 14.4 Å². The number of aromatic nitrogens is 3. The van der Waals surface area contributed by atoms with Gasteiger partial charge in [-0.25, -0.2) is 14.5 Å². The molecule has 1 aliphatic heterocycles. The number of benzene rings is 2. The number of hydrogen-bond acceptors (Lipinski definition) is 6. The molecule has 1 aliphatic rings. The number of hydrogen-bond donors (Lipinski definition) is 0. The van der Waals surface area contributed by atoms with Gasteiger partial charge in [-0.3, -0.25) is 9.59 Å². The molecule has 0 spiro atoms. The van der Waals surface area contributed by atoms with Gasteiger partial charge in [0.2, 0.25) is 0 Å². The summed E-state index contributed by atoms with van der Waals surface area (Å²) in [5, 5.41) is 5.45. The lowest BCUT2D eigenvalue weighted by molar-refractivity contribution is -0.0584. The molecular weight excluding hydrogens is 384 g/mol. The molecule has 146 valence electrons. The van der Waals surface area contributed by atoms with Crippen LogP contribution in [0, 0.1) is 0 Å². The number of carbonyl (C=O) groups is 3. The van der Waals surface area contributed by atoms with E-state index in [1.165, 1.54) is 18.3 Å². The first-order valence-corrected chi connectivity index (χ1v) is 9.17. The van der Waals surface area contributed by atoms with Crippen molar-refractivity contribution in [2.24, 2.45) is 0 Å². The highest BCUT2D eigenvalue weighted by Crippen LogP contribution is 2.24. The first-order valence-electron chi connectivity index (χ1n) is 9.17. The zero-order chi connectivity index (χ0) is 20.7. The van der Waals surface area contributed by atoms with E-state index in [0.717, 1.165) is 5.56 Å². The second-order valence-electron chi connectivity index (χ2n) is 6.75. The van der Waals surface area contributed by atoms with Crippen LogP contribution < -0.4 is 0 Å². The van der Waals surface area contributed by atoms with Gasteiger partial charge in [0.05, 0.1) is 29.4 Å². The fraction of sp³-hybridized carbons (Fsp3) is 0.0455. The number of carbonyl (C=O) groups excluding carboxylic acids is 3. The Hall–Kier alpha value is -4.33. The Kier molecular flexibility index (Phi) is 4.10. The molecule has 8 nitrogen and oxygen atoms in total. The van der Waals surface area contributed by atoms with Crippen LogP contribution in [-0.2, 0) is 11.4 Å². The number of imide groups is 1. The normalized spacial score (nSPS) is 13.0. The Morgan fingerprint density at radius 1 is 0.900 bits per heavy atom. The smallest absolute Gasteiger partial charge is 0.324 e. The molecule has 2 aromatic heterocycles. The van der Waals surface area contributed by atoms with Gasteiger partial charge in [-0.05, 0) is 23.8 Å². The average Bonchev–Trinajstić information content (AvgIpc) is 3.28. The van der Waals surface area contributed by atoms with Crippen molar-refractivity contribution in [1.82, 2.24) is 19.8 Å². The molecular formula is C22H14N4O4. The Labute approximate surface area is 170 Å². The minimum absolute atomic E-state index is 0.110. The van der Waals surface area contributed by atoms with Crippen molar-refractivity contribution >= 4 is 28.8 Å². The summed E-state index contributed by atoms with van der Waals surface area (Å²) in [4.78, 5) is 46.7. The summed E-state index contributed by atoms with van der Waals surface area (Å²) in [6.45, 7) is 0.538. The molecule has 0 unspecified atom stereocenters. The second-order valence-corrected chi connectivity index (χ2v) is 6.75. The van der Waals surface area contributed by atoms with Crippen LogP contribution in [0.2, 0.25) is 0 Å². The largest absolute Gasteiger partial charge is 0.365 e. The van der Waals surface area contributed by atoms with Crippen LogP contribution in [0.5, 0.6) is 0 Å². The fourth-order valence-electron chi connectivity index (χ4n) is 3.34. The molecule has 0 fully saturated rings. The molecule has 0 saturated carbocycles. The Bertz CT molecular complexity index is 1280. The van der Waals surface area contributed by atoms with E-state index in [1.807, 2.05) is 30.3 Å². The van der Waals surface area contributed by atoms with E-state index in [0.29, 0.717) is 22.6 Å². The van der Waals surface area contributed by atoms with Gasteiger partial charge in [0.15, 0.2) is 5.65 Å². The Morgan fingerprint density at radius 3 is 2.27 bits per heavy atom. The monoisotopic (exact) mass is 398 g/mol. The summed E-state index contributed by atoms with van der Waals surface area (Å²) in [6.07, 6.45) is 2.94. The van der Waals surface area contributed by atoms with E-state index in [1.54, 1.807) is 29.1 Å². The van der Waals surface area contributed by atoms with Crippen molar-refractivity contribution < 1.29 is 19.2 Å². The SMILES string of the molecule is O=C(ON1C(=O)c2ccccc2C1=O)c1cnc2c(cnn2Cc2ccccc2)c1. The van der Waals surface area contributed by atoms with Gasteiger partial charge in [0.25, 0.3) is 11.8 Å². The van der Waals surface area contributed by atoms with Gasteiger partial charge in [0.1, 0.15) is 0 Å². The van der Waals surface area contributed by atoms with E-state index in [2.05, 4.69) is 10.1 Å². The van der Waals surface area contributed by atoms with Crippen molar-refractivity contribution in [3.63, 3.8) is 0 Å². The van der Waals surface area contributed by atoms with Crippen LogP contribution in [0.25, 0.3) is 11.0 Å². The lowest BCUT2D eigenvalue weighted by Gasteiger charge is -2.12. The van der Waals surface area contributed by atoms with Crippen LogP contribution in [0.4, 0.5) is 0 Å². The highest BCUT2D eigenvalue weighted by Gasteiger charge is 2.38. The van der Waals surface area contributed by atoms with Crippen molar-refractivity contribution in [2.75, 3.05) is 0 Å². The molecule has 0 radical (unpaired) electrons. The molecule has 0 atom stereocenters. The van der Waals surface area contributed by atoms with Crippen molar-refractivity contribution in [3.8, 4) is 0 Å². The number of amides is 2. The van der Waals surface area contributed by atoms with Crippen LogP contribution in [0.1, 0.15) is 36.6 Å². The van der Waals surface area contributed by atoms with Gasteiger partial charge in [-0.15, -0.1) is 0 Å². The predicted molar refractivity (Wildman–Crippen MR) is 105 cm³/mol. The summed E-state index contributed by atoms with van der Waals surface area (Å²) in [5.74, 6) is -2.20. The number of rotatable bonds is 4. The van der Waals surface area contributed by atoms with Crippen molar-refractivity contribution in [1.29, 1.82) is 0 Å². The number of fused-ring (bicyclic) bond motifs is 2. The standard InChI is InChI=1S/C22H14N4O4/c27-20-17-8-4-5-9-18(17)21(28)26(20)30-22(29)16-10-15-12-24-25(19(15)23-11-16)13-14-6-2-1-3-7-14/h1-12H,13H2. The van der Waals surface area contributed by atoms with E-state index >= 15 is 0 Å². The molecule has 8 heteroatoms. The third kappa shape index (κ3) is 2.91. The van der Waals surface area contributed by atoms with E-state index in [4.69, 9.17) is 4.84 Å². The summed E-state index contributed by atoms with van der Waals surface area (Å²) >= 11 is 0. The summed E-state index contributed by atoms with van der Waals surface area (Å²) in [5.41, 5.74) is 2.19. The third-order valence-electron chi connectivity index (χ3n) is 4.82. The highest BCUT2D eigenvalue weighted by molar-refractivity contribution is 6.21. The van der Waals surface area contributed by atoms with Crippen LogP contribution in [0.3, 0.4) is 0 Å².